The van der Waals surface area contributed by atoms with E-state index in [9.17, 15) is 13.2 Å². The second-order valence-corrected chi connectivity index (χ2v) is 6.81. The number of halogens is 3. The number of nitrogens with zero attached hydrogens (tertiary/aromatic N) is 5. The molecule has 0 atom stereocenters. The number of hydrogen-bond acceptors (Lipinski definition) is 6. The number of alkyl halides is 3. The third kappa shape index (κ3) is 6.21. The first-order valence-electron chi connectivity index (χ1n) is 9.64. The molecular formula is C23H19F3N6O. The maximum absolute atomic E-state index is 13.5. The Balaban J connectivity index is 2.01. The van der Waals surface area contributed by atoms with Crippen LogP contribution in [0.15, 0.2) is 75.5 Å². The number of hydrogen-bond donors (Lipinski definition) is 1. The molecule has 2 heterocycles. The van der Waals surface area contributed by atoms with E-state index in [1.807, 2.05) is 6.07 Å². The van der Waals surface area contributed by atoms with Crippen molar-refractivity contribution in [3.63, 3.8) is 0 Å². The summed E-state index contributed by atoms with van der Waals surface area (Å²) in [7, 11) is 1.50. The molecule has 10 heteroatoms. The van der Waals surface area contributed by atoms with Crippen LogP contribution in [-0.2, 0) is 10.9 Å². The summed E-state index contributed by atoms with van der Waals surface area (Å²) in [6, 6.07) is 10.8. The Bertz CT molecular complexity index is 1190. The molecule has 0 spiro atoms. The third-order valence-electron chi connectivity index (χ3n) is 4.40. The van der Waals surface area contributed by atoms with Gasteiger partial charge in [-0.1, -0.05) is 0 Å². The predicted octanol–water partition coefficient (Wildman–Crippen LogP) is 4.67. The lowest BCUT2D eigenvalue weighted by Crippen LogP contribution is -2.33. The molecule has 0 bridgehead atoms. The number of allylic oxidation sites excluding steroid dienone is 2. The Morgan fingerprint density at radius 1 is 1.30 bits per heavy atom. The average Bonchev–Trinajstić information content (AvgIpc) is 2.79. The van der Waals surface area contributed by atoms with Crippen LogP contribution < -0.4 is 5.32 Å². The van der Waals surface area contributed by atoms with Crippen molar-refractivity contribution in [1.82, 2.24) is 10.3 Å². The van der Waals surface area contributed by atoms with Crippen LogP contribution in [0.5, 0.6) is 0 Å². The van der Waals surface area contributed by atoms with Crippen molar-refractivity contribution in [1.29, 1.82) is 5.26 Å². The number of methoxy groups -OCH3 is 1. The van der Waals surface area contributed by atoms with Crippen LogP contribution in [0, 0.1) is 11.3 Å². The molecule has 0 radical (unpaired) electrons. The molecule has 1 aromatic carbocycles. The fraction of sp³-hybridized carbons (Fsp3) is 0.174. The van der Waals surface area contributed by atoms with Gasteiger partial charge in [0.2, 0.25) is 0 Å². The van der Waals surface area contributed by atoms with Gasteiger partial charge in [-0.25, -0.2) is 9.98 Å². The van der Waals surface area contributed by atoms with E-state index in [0.29, 0.717) is 28.6 Å². The van der Waals surface area contributed by atoms with Crippen LogP contribution in [0.25, 0.3) is 5.57 Å². The van der Waals surface area contributed by atoms with Gasteiger partial charge in [0, 0.05) is 37.2 Å². The van der Waals surface area contributed by atoms with E-state index < -0.39 is 11.7 Å². The van der Waals surface area contributed by atoms with Gasteiger partial charge >= 0.3 is 6.18 Å². The van der Waals surface area contributed by atoms with Gasteiger partial charge in [0.1, 0.15) is 18.3 Å². The first kappa shape index (κ1) is 23.6. The van der Waals surface area contributed by atoms with Gasteiger partial charge in [-0.15, -0.1) is 0 Å². The molecule has 2 aromatic rings. The highest BCUT2D eigenvalue weighted by Crippen LogP contribution is 2.34. The minimum Gasteiger partial charge on any atom is -0.377 e. The summed E-state index contributed by atoms with van der Waals surface area (Å²) in [5, 5.41) is 12.0. The van der Waals surface area contributed by atoms with Gasteiger partial charge < -0.3 is 10.1 Å². The maximum atomic E-state index is 13.5. The van der Waals surface area contributed by atoms with Crippen molar-refractivity contribution in [3.05, 3.63) is 77.4 Å². The van der Waals surface area contributed by atoms with Crippen LogP contribution in [0.4, 0.5) is 18.9 Å². The van der Waals surface area contributed by atoms with Gasteiger partial charge in [-0.05, 0) is 49.2 Å². The molecule has 3 rings (SSSR count). The van der Waals surface area contributed by atoms with Crippen molar-refractivity contribution >= 4 is 29.6 Å². The summed E-state index contributed by atoms with van der Waals surface area (Å²) in [4.78, 5) is 16.5. The first-order valence-corrected chi connectivity index (χ1v) is 9.64. The van der Waals surface area contributed by atoms with Crippen LogP contribution in [0.1, 0.15) is 23.2 Å². The summed E-state index contributed by atoms with van der Waals surface area (Å²) in [6.07, 6.45) is -0.386. The molecular weight excluding hydrogens is 433 g/mol. The molecule has 0 amide bonds. The first-order chi connectivity index (χ1) is 15.8. The topological polar surface area (TPSA) is 95.0 Å². The number of benzene rings is 1. The second kappa shape index (κ2) is 10.5. The number of aromatic nitrogens is 1. The molecule has 0 aliphatic carbocycles. The molecule has 1 aromatic heterocycles. The van der Waals surface area contributed by atoms with E-state index in [4.69, 9.17) is 10.00 Å². The third-order valence-corrected chi connectivity index (χ3v) is 4.40. The van der Waals surface area contributed by atoms with E-state index in [2.05, 4.69) is 32.0 Å². The molecule has 0 saturated carbocycles. The lowest BCUT2D eigenvalue weighted by atomic mass is 10.0. The quantitative estimate of drug-likeness (QED) is 0.645. The number of pyridine rings is 1. The number of ether oxygens (including phenoxy) is 1. The van der Waals surface area contributed by atoms with Crippen molar-refractivity contribution in [2.75, 3.05) is 13.7 Å². The van der Waals surface area contributed by atoms with E-state index in [1.54, 1.807) is 24.3 Å². The highest BCUT2D eigenvalue weighted by atomic mass is 19.4. The summed E-state index contributed by atoms with van der Waals surface area (Å²) in [5.74, 6) is 0.852. The highest BCUT2D eigenvalue weighted by molar-refractivity contribution is 6.03. The van der Waals surface area contributed by atoms with E-state index in [1.165, 1.54) is 31.6 Å². The number of nitriles is 1. The Morgan fingerprint density at radius 2 is 2.06 bits per heavy atom. The molecule has 0 fully saturated rings. The number of aliphatic imine (C=N–C) groups is 3. The van der Waals surface area contributed by atoms with Gasteiger partial charge in [0.05, 0.1) is 28.6 Å². The Labute approximate surface area is 188 Å². The lowest BCUT2D eigenvalue weighted by Gasteiger charge is -2.20. The standard InChI is InChI=1S/C23H19F3N6O/c1-28-13-16(22-19(23(24,25)26)4-3-9-29-22)10-18-11-20(32-21(31-18)14-33-2)30-17-7-5-15(12-27)6-8-17/h3-10,13H,1,11,14H2,2H3,(H,30,31,32)/b16-13+,18-10+. The summed E-state index contributed by atoms with van der Waals surface area (Å²) in [6.45, 7) is 3.50. The van der Waals surface area contributed by atoms with E-state index >= 15 is 0 Å². The summed E-state index contributed by atoms with van der Waals surface area (Å²) >= 11 is 0. The smallest absolute Gasteiger partial charge is 0.377 e. The Hall–Kier alpha value is -4.10. The summed E-state index contributed by atoms with van der Waals surface area (Å²) < 4.78 is 45.7. The number of nitrogens with one attached hydrogen (secondary N) is 1. The molecule has 7 nitrogen and oxygen atoms in total. The zero-order chi connectivity index (χ0) is 23.8. The predicted molar refractivity (Wildman–Crippen MR) is 120 cm³/mol. The van der Waals surface area contributed by atoms with Crippen LogP contribution in [-0.4, -0.2) is 37.1 Å². The van der Waals surface area contributed by atoms with Crippen molar-refractivity contribution < 1.29 is 17.9 Å². The van der Waals surface area contributed by atoms with Crippen molar-refractivity contribution in [2.45, 2.75) is 12.6 Å². The fourth-order valence-corrected chi connectivity index (χ4v) is 3.06. The second-order valence-electron chi connectivity index (χ2n) is 6.81. The lowest BCUT2D eigenvalue weighted by molar-refractivity contribution is -0.138. The highest BCUT2D eigenvalue weighted by Gasteiger charge is 2.34. The zero-order valence-electron chi connectivity index (χ0n) is 17.6. The van der Waals surface area contributed by atoms with Gasteiger partial charge in [-0.3, -0.25) is 9.98 Å². The van der Waals surface area contributed by atoms with E-state index in [0.717, 1.165) is 6.07 Å². The summed E-state index contributed by atoms with van der Waals surface area (Å²) in [5.41, 5.74) is 0.571. The SMILES string of the molecule is C=N/C=C(\C=C1/CC(=Nc2ccc(C#N)cc2)N=C(COC)N1)c1ncccc1C(F)(F)F. The molecule has 33 heavy (non-hydrogen) atoms. The van der Waals surface area contributed by atoms with E-state index in [-0.39, 0.29) is 24.3 Å². The van der Waals surface area contributed by atoms with Crippen molar-refractivity contribution in [2.24, 2.45) is 15.0 Å². The molecule has 1 N–H and O–H groups in total. The maximum Gasteiger partial charge on any atom is 0.418 e. The Kier molecular flexibility index (Phi) is 7.48. The van der Waals surface area contributed by atoms with Gasteiger partial charge in [-0.2, -0.15) is 18.4 Å². The van der Waals surface area contributed by atoms with Gasteiger partial charge in [0.15, 0.2) is 0 Å². The minimum absolute atomic E-state index is 0.122. The van der Waals surface area contributed by atoms with Gasteiger partial charge in [0.25, 0.3) is 0 Å². The molecule has 168 valence electrons. The Morgan fingerprint density at radius 3 is 2.70 bits per heavy atom. The average molecular weight is 452 g/mol. The van der Waals surface area contributed by atoms with Crippen LogP contribution in [0.2, 0.25) is 0 Å². The normalized spacial score (nSPS) is 16.8. The molecule has 1 aliphatic rings. The van der Waals surface area contributed by atoms with Crippen molar-refractivity contribution in [3.8, 4) is 6.07 Å². The number of rotatable bonds is 6. The molecule has 0 saturated heterocycles. The largest absolute Gasteiger partial charge is 0.418 e. The monoisotopic (exact) mass is 452 g/mol. The molecule has 0 unspecified atom stereocenters. The number of amidine groups is 2. The van der Waals surface area contributed by atoms with Crippen LogP contribution in [0.3, 0.4) is 0 Å². The van der Waals surface area contributed by atoms with Crippen LogP contribution >= 0.6 is 0 Å². The minimum atomic E-state index is -4.59. The molecule has 1 aliphatic heterocycles. The fourth-order valence-electron chi connectivity index (χ4n) is 3.06. The zero-order valence-corrected chi connectivity index (χ0v) is 17.6.